The van der Waals surface area contributed by atoms with Crippen LogP contribution in [0.1, 0.15) is 18.4 Å². The van der Waals surface area contributed by atoms with Gasteiger partial charge in [0.2, 0.25) is 0 Å². The first kappa shape index (κ1) is 14.3. The molecule has 1 saturated heterocycles. The SMILES string of the molecule is Fc1cccc(CNC2(CCl)CCOCC2)c1Br. The van der Waals surface area contributed by atoms with Crippen molar-refractivity contribution < 1.29 is 9.13 Å². The van der Waals surface area contributed by atoms with E-state index in [9.17, 15) is 4.39 Å². The minimum atomic E-state index is -0.235. The van der Waals surface area contributed by atoms with Crippen LogP contribution in [0.25, 0.3) is 0 Å². The summed E-state index contributed by atoms with van der Waals surface area (Å²) in [4.78, 5) is 0. The third-order valence-electron chi connectivity index (χ3n) is 3.39. The van der Waals surface area contributed by atoms with Gasteiger partial charge in [-0.2, -0.15) is 0 Å². The van der Waals surface area contributed by atoms with Crippen molar-refractivity contribution in [2.75, 3.05) is 19.1 Å². The van der Waals surface area contributed by atoms with Crippen LogP contribution in [-0.4, -0.2) is 24.6 Å². The quantitative estimate of drug-likeness (QED) is 0.850. The maximum atomic E-state index is 13.4. The molecule has 1 N–H and O–H groups in total. The van der Waals surface area contributed by atoms with Gasteiger partial charge in [0.25, 0.3) is 0 Å². The summed E-state index contributed by atoms with van der Waals surface area (Å²) >= 11 is 9.34. The Hall–Kier alpha value is -0.160. The predicted molar refractivity (Wildman–Crippen MR) is 74.4 cm³/mol. The number of hydrogen-bond acceptors (Lipinski definition) is 2. The van der Waals surface area contributed by atoms with Crippen molar-refractivity contribution in [1.82, 2.24) is 5.32 Å². The maximum absolute atomic E-state index is 13.4. The second-order valence-electron chi connectivity index (χ2n) is 4.59. The number of benzene rings is 1. The molecule has 0 amide bonds. The van der Waals surface area contributed by atoms with Gasteiger partial charge in [0.05, 0.1) is 4.47 Å². The van der Waals surface area contributed by atoms with E-state index in [1.54, 1.807) is 6.07 Å². The molecule has 0 radical (unpaired) electrons. The summed E-state index contributed by atoms with van der Waals surface area (Å²) in [5.74, 6) is 0.310. The van der Waals surface area contributed by atoms with E-state index in [1.807, 2.05) is 6.07 Å². The Morgan fingerprint density at radius 1 is 1.39 bits per heavy atom. The normalized spacial score (nSPS) is 18.8. The summed E-state index contributed by atoms with van der Waals surface area (Å²) in [5.41, 5.74) is 0.817. The van der Waals surface area contributed by atoms with Gasteiger partial charge in [-0.25, -0.2) is 4.39 Å². The number of ether oxygens (including phenoxy) is 1. The van der Waals surface area contributed by atoms with Gasteiger partial charge in [0.1, 0.15) is 5.82 Å². The lowest BCUT2D eigenvalue weighted by Gasteiger charge is -2.36. The summed E-state index contributed by atoms with van der Waals surface area (Å²) in [6.45, 7) is 2.05. The highest BCUT2D eigenvalue weighted by molar-refractivity contribution is 9.10. The van der Waals surface area contributed by atoms with Crippen LogP contribution < -0.4 is 5.32 Å². The van der Waals surface area contributed by atoms with Gasteiger partial charge < -0.3 is 10.1 Å². The highest BCUT2D eigenvalue weighted by Crippen LogP contribution is 2.25. The molecule has 1 fully saturated rings. The van der Waals surface area contributed by atoms with Crippen LogP contribution in [0.5, 0.6) is 0 Å². The topological polar surface area (TPSA) is 21.3 Å². The fourth-order valence-corrected chi connectivity index (χ4v) is 2.85. The molecule has 0 spiro atoms. The molecule has 0 aliphatic carbocycles. The fourth-order valence-electron chi connectivity index (χ4n) is 2.09. The van der Waals surface area contributed by atoms with Crippen molar-refractivity contribution in [3.8, 4) is 0 Å². The van der Waals surface area contributed by atoms with Gasteiger partial charge in [-0.05, 0) is 40.4 Å². The lowest BCUT2D eigenvalue weighted by atomic mass is 9.92. The molecule has 2 rings (SSSR count). The van der Waals surface area contributed by atoms with Gasteiger partial charge in [-0.15, -0.1) is 11.6 Å². The van der Waals surface area contributed by atoms with Crippen molar-refractivity contribution in [2.24, 2.45) is 0 Å². The second-order valence-corrected chi connectivity index (χ2v) is 5.65. The van der Waals surface area contributed by atoms with Crippen LogP contribution >= 0.6 is 27.5 Å². The molecule has 2 nitrogen and oxygen atoms in total. The molecule has 18 heavy (non-hydrogen) atoms. The van der Waals surface area contributed by atoms with Gasteiger partial charge in [-0.3, -0.25) is 0 Å². The molecule has 1 heterocycles. The number of nitrogens with one attached hydrogen (secondary N) is 1. The standard InChI is InChI=1S/C13H16BrClFNO/c14-12-10(2-1-3-11(12)16)8-17-13(9-15)4-6-18-7-5-13/h1-3,17H,4-9H2. The van der Waals surface area contributed by atoms with Crippen LogP contribution in [0.2, 0.25) is 0 Å². The van der Waals surface area contributed by atoms with Crippen molar-refractivity contribution in [3.05, 3.63) is 34.1 Å². The van der Waals surface area contributed by atoms with E-state index in [0.29, 0.717) is 16.9 Å². The third-order valence-corrected chi connectivity index (χ3v) is 4.79. The molecule has 100 valence electrons. The van der Waals surface area contributed by atoms with Crippen molar-refractivity contribution in [2.45, 2.75) is 24.9 Å². The number of hydrogen-bond donors (Lipinski definition) is 1. The fraction of sp³-hybridized carbons (Fsp3) is 0.538. The average molecular weight is 337 g/mol. The molecular formula is C13H16BrClFNO. The molecule has 0 atom stereocenters. The molecule has 1 aliphatic heterocycles. The van der Waals surface area contributed by atoms with E-state index in [0.717, 1.165) is 31.6 Å². The van der Waals surface area contributed by atoms with Crippen LogP contribution in [-0.2, 0) is 11.3 Å². The molecule has 0 unspecified atom stereocenters. The Balaban J connectivity index is 2.03. The Kier molecular flexibility index (Phi) is 5.01. The molecule has 0 aromatic heterocycles. The van der Waals surface area contributed by atoms with Gasteiger partial charge in [0, 0.05) is 31.2 Å². The molecule has 1 aromatic carbocycles. The zero-order chi connectivity index (χ0) is 13.0. The maximum Gasteiger partial charge on any atom is 0.137 e. The second kappa shape index (κ2) is 6.33. The zero-order valence-corrected chi connectivity index (χ0v) is 12.4. The number of alkyl halides is 1. The Morgan fingerprint density at radius 3 is 2.78 bits per heavy atom. The molecule has 1 aromatic rings. The monoisotopic (exact) mass is 335 g/mol. The van der Waals surface area contributed by atoms with Gasteiger partial charge in [0.15, 0.2) is 0 Å². The lowest BCUT2D eigenvalue weighted by molar-refractivity contribution is 0.0459. The Bertz CT molecular complexity index is 410. The molecular weight excluding hydrogens is 321 g/mol. The summed E-state index contributed by atoms with van der Waals surface area (Å²) in [7, 11) is 0. The first-order chi connectivity index (χ1) is 8.67. The van der Waals surface area contributed by atoms with Gasteiger partial charge in [-0.1, -0.05) is 12.1 Å². The first-order valence-corrected chi connectivity index (χ1v) is 7.31. The van der Waals surface area contributed by atoms with E-state index in [1.165, 1.54) is 6.07 Å². The van der Waals surface area contributed by atoms with E-state index in [2.05, 4.69) is 21.2 Å². The molecule has 0 bridgehead atoms. The zero-order valence-electron chi connectivity index (χ0n) is 10.0. The van der Waals surface area contributed by atoms with Crippen LogP contribution in [0.4, 0.5) is 4.39 Å². The van der Waals surface area contributed by atoms with E-state index < -0.39 is 0 Å². The largest absolute Gasteiger partial charge is 0.381 e. The summed E-state index contributed by atoms with van der Waals surface area (Å²) < 4.78 is 19.3. The summed E-state index contributed by atoms with van der Waals surface area (Å²) in [5, 5.41) is 3.46. The summed E-state index contributed by atoms with van der Waals surface area (Å²) in [6, 6.07) is 5.06. The molecule has 0 saturated carbocycles. The van der Waals surface area contributed by atoms with Crippen molar-refractivity contribution >= 4 is 27.5 Å². The predicted octanol–water partition coefficient (Wildman–Crippen LogP) is 3.47. The van der Waals surface area contributed by atoms with Crippen LogP contribution in [0.3, 0.4) is 0 Å². The van der Waals surface area contributed by atoms with E-state index >= 15 is 0 Å². The minimum Gasteiger partial charge on any atom is -0.381 e. The lowest BCUT2D eigenvalue weighted by Crippen LogP contribution is -2.50. The average Bonchev–Trinajstić information content (AvgIpc) is 2.41. The van der Waals surface area contributed by atoms with E-state index in [-0.39, 0.29) is 11.4 Å². The van der Waals surface area contributed by atoms with Crippen molar-refractivity contribution in [3.63, 3.8) is 0 Å². The third kappa shape index (κ3) is 3.23. The minimum absolute atomic E-state index is 0.0917. The number of rotatable bonds is 4. The van der Waals surface area contributed by atoms with Crippen LogP contribution in [0, 0.1) is 5.82 Å². The van der Waals surface area contributed by atoms with Crippen molar-refractivity contribution in [1.29, 1.82) is 0 Å². The summed E-state index contributed by atoms with van der Waals surface area (Å²) in [6.07, 6.45) is 1.78. The molecule has 1 aliphatic rings. The molecule has 5 heteroatoms. The highest BCUT2D eigenvalue weighted by atomic mass is 79.9. The van der Waals surface area contributed by atoms with E-state index in [4.69, 9.17) is 16.3 Å². The number of halogens is 3. The first-order valence-electron chi connectivity index (χ1n) is 5.98. The van der Waals surface area contributed by atoms with Gasteiger partial charge >= 0.3 is 0 Å². The van der Waals surface area contributed by atoms with Crippen LogP contribution in [0.15, 0.2) is 22.7 Å². The highest BCUT2D eigenvalue weighted by Gasteiger charge is 2.31. The Labute approximate surface area is 120 Å². The smallest absolute Gasteiger partial charge is 0.137 e. The Morgan fingerprint density at radius 2 is 2.11 bits per heavy atom.